The van der Waals surface area contributed by atoms with Crippen LogP contribution in [-0.4, -0.2) is 30.4 Å². The van der Waals surface area contributed by atoms with Crippen molar-refractivity contribution < 1.29 is 4.79 Å². The molecule has 0 aromatic carbocycles. The van der Waals surface area contributed by atoms with E-state index in [0.29, 0.717) is 17.2 Å². The van der Waals surface area contributed by atoms with Gasteiger partial charge in [0, 0.05) is 19.5 Å². The van der Waals surface area contributed by atoms with Gasteiger partial charge in [0.25, 0.3) is 0 Å². The van der Waals surface area contributed by atoms with E-state index >= 15 is 0 Å². The van der Waals surface area contributed by atoms with Crippen molar-refractivity contribution in [2.75, 3.05) is 19.6 Å². The molecule has 0 bridgehead atoms. The van der Waals surface area contributed by atoms with Crippen molar-refractivity contribution in [2.24, 2.45) is 23.0 Å². The van der Waals surface area contributed by atoms with Crippen LogP contribution in [0.3, 0.4) is 0 Å². The lowest BCUT2D eigenvalue weighted by Crippen LogP contribution is -2.36. The van der Waals surface area contributed by atoms with Crippen molar-refractivity contribution in [3.05, 3.63) is 0 Å². The zero-order chi connectivity index (χ0) is 13.2. The number of amides is 1. The number of hydrogen-bond acceptors (Lipinski definition) is 2. The summed E-state index contributed by atoms with van der Waals surface area (Å²) >= 11 is 0. The predicted octanol–water partition coefficient (Wildman–Crippen LogP) is 2.40. The van der Waals surface area contributed by atoms with Gasteiger partial charge < -0.3 is 10.6 Å². The summed E-state index contributed by atoms with van der Waals surface area (Å²) in [6, 6.07) is 0. The number of rotatable bonds is 5. The Bertz CT molecular complexity index is 297. The van der Waals surface area contributed by atoms with Crippen LogP contribution in [0.1, 0.15) is 52.4 Å². The van der Waals surface area contributed by atoms with Crippen molar-refractivity contribution in [3.63, 3.8) is 0 Å². The largest absolute Gasteiger partial charge is 0.342 e. The van der Waals surface area contributed by atoms with Crippen LogP contribution >= 0.6 is 0 Å². The molecule has 2 fully saturated rings. The Morgan fingerprint density at radius 1 is 1.39 bits per heavy atom. The minimum Gasteiger partial charge on any atom is -0.342 e. The van der Waals surface area contributed by atoms with Gasteiger partial charge in [0.1, 0.15) is 0 Å². The normalized spacial score (nSPS) is 27.4. The van der Waals surface area contributed by atoms with E-state index in [0.717, 1.165) is 44.8 Å². The highest BCUT2D eigenvalue weighted by Gasteiger charge is 2.44. The fraction of sp³-hybridized carbons (Fsp3) is 0.933. The minimum absolute atomic E-state index is 0.376. The SMILES string of the molecule is CC(C)C1CCC(=O)N(CC2(CCN)CC2)CC1. The minimum atomic E-state index is 0.376. The lowest BCUT2D eigenvalue weighted by atomic mass is 9.89. The summed E-state index contributed by atoms with van der Waals surface area (Å²) < 4.78 is 0. The van der Waals surface area contributed by atoms with Crippen molar-refractivity contribution in [1.29, 1.82) is 0 Å². The molecule has 1 aliphatic carbocycles. The van der Waals surface area contributed by atoms with Crippen LogP contribution in [-0.2, 0) is 4.79 Å². The summed E-state index contributed by atoms with van der Waals surface area (Å²) in [7, 11) is 0. The molecule has 0 aromatic rings. The van der Waals surface area contributed by atoms with Crippen LogP contribution in [0.15, 0.2) is 0 Å². The molecule has 2 aliphatic rings. The molecule has 0 radical (unpaired) electrons. The molecule has 3 nitrogen and oxygen atoms in total. The molecule has 2 N–H and O–H groups in total. The van der Waals surface area contributed by atoms with Gasteiger partial charge in [-0.2, -0.15) is 0 Å². The Balaban J connectivity index is 1.90. The Morgan fingerprint density at radius 2 is 2.11 bits per heavy atom. The number of hydrogen-bond donors (Lipinski definition) is 1. The summed E-state index contributed by atoms with van der Waals surface area (Å²) in [4.78, 5) is 14.3. The second-order valence-corrected chi connectivity index (χ2v) is 6.69. The van der Waals surface area contributed by atoms with Crippen molar-refractivity contribution >= 4 is 5.91 Å². The highest BCUT2D eigenvalue weighted by Crippen LogP contribution is 2.49. The molecule has 0 aromatic heterocycles. The average Bonchev–Trinajstić information content (AvgIpc) is 3.08. The molecule has 1 aliphatic heterocycles. The molecule has 104 valence electrons. The van der Waals surface area contributed by atoms with Gasteiger partial charge in [-0.25, -0.2) is 0 Å². The second-order valence-electron chi connectivity index (χ2n) is 6.69. The van der Waals surface area contributed by atoms with Gasteiger partial charge in [0.2, 0.25) is 5.91 Å². The summed E-state index contributed by atoms with van der Waals surface area (Å²) in [5.41, 5.74) is 6.07. The molecule has 3 heteroatoms. The summed E-state index contributed by atoms with van der Waals surface area (Å²) in [6.45, 7) is 7.25. The van der Waals surface area contributed by atoms with Gasteiger partial charge in [-0.05, 0) is 55.9 Å². The first-order valence-electron chi connectivity index (χ1n) is 7.54. The molecule has 0 spiro atoms. The van der Waals surface area contributed by atoms with Gasteiger partial charge in [0.05, 0.1) is 0 Å². The smallest absolute Gasteiger partial charge is 0.222 e. The fourth-order valence-corrected chi connectivity index (χ4v) is 3.27. The van der Waals surface area contributed by atoms with E-state index in [1.54, 1.807) is 0 Å². The van der Waals surface area contributed by atoms with Crippen LogP contribution in [0.5, 0.6) is 0 Å². The maximum absolute atomic E-state index is 12.2. The van der Waals surface area contributed by atoms with Gasteiger partial charge in [-0.3, -0.25) is 4.79 Å². The van der Waals surface area contributed by atoms with Crippen LogP contribution in [0.25, 0.3) is 0 Å². The van der Waals surface area contributed by atoms with E-state index in [9.17, 15) is 4.79 Å². The van der Waals surface area contributed by atoms with Gasteiger partial charge in [-0.1, -0.05) is 13.8 Å². The van der Waals surface area contributed by atoms with Gasteiger partial charge in [-0.15, -0.1) is 0 Å². The number of likely N-dealkylation sites (tertiary alicyclic amines) is 1. The monoisotopic (exact) mass is 252 g/mol. The first-order valence-corrected chi connectivity index (χ1v) is 7.54. The third-order valence-corrected chi connectivity index (χ3v) is 4.95. The van der Waals surface area contributed by atoms with Gasteiger partial charge >= 0.3 is 0 Å². The zero-order valence-corrected chi connectivity index (χ0v) is 12.0. The number of carbonyl (C=O) groups excluding carboxylic acids is 1. The average molecular weight is 252 g/mol. The molecule has 1 amide bonds. The molecular formula is C15H28N2O. The lowest BCUT2D eigenvalue weighted by molar-refractivity contribution is -0.131. The summed E-state index contributed by atoms with van der Waals surface area (Å²) in [6.07, 6.45) is 6.63. The van der Waals surface area contributed by atoms with Crippen LogP contribution in [0.2, 0.25) is 0 Å². The second kappa shape index (κ2) is 5.60. The molecular weight excluding hydrogens is 224 g/mol. The highest BCUT2D eigenvalue weighted by atomic mass is 16.2. The van der Waals surface area contributed by atoms with E-state index in [4.69, 9.17) is 5.73 Å². The fourth-order valence-electron chi connectivity index (χ4n) is 3.27. The highest BCUT2D eigenvalue weighted by molar-refractivity contribution is 5.76. The molecule has 1 saturated carbocycles. The van der Waals surface area contributed by atoms with Crippen molar-refractivity contribution in [3.8, 4) is 0 Å². The van der Waals surface area contributed by atoms with Gasteiger partial charge in [0.15, 0.2) is 0 Å². The predicted molar refractivity (Wildman–Crippen MR) is 74.1 cm³/mol. The van der Waals surface area contributed by atoms with E-state index in [1.165, 1.54) is 19.3 Å². The number of carbonyl (C=O) groups is 1. The Labute approximate surface area is 111 Å². The van der Waals surface area contributed by atoms with Crippen LogP contribution < -0.4 is 5.73 Å². The first-order chi connectivity index (χ1) is 8.56. The molecule has 1 atom stereocenters. The molecule has 1 heterocycles. The van der Waals surface area contributed by atoms with Crippen LogP contribution in [0, 0.1) is 17.3 Å². The van der Waals surface area contributed by atoms with E-state index in [1.807, 2.05) is 0 Å². The summed E-state index contributed by atoms with van der Waals surface area (Å²) in [5, 5.41) is 0. The maximum Gasteiger partial charge on any atom is 0.222 e. The third kappa shape index (κ3) is 3.25. The third-order valence-electron chi connectivity index (χ3n) is 4.95. The summed E-state index contributed by atoms with van der Waals surface area (Å²) in [5.74, 6) is 1.81. The Hall–Kier alpha value is -0.570. The van der Waals surface area contributed by atoms with Crippen molar-refractivity contribution in [1.82, 2.24) is 4.90 Å². The zero-order valence-electron chi connectivity index (χ0n) is 12.0. The standard InChI is InChI=1S/C15H28N2O/c1-12(2)13-3-4-14(18)17(10-5-13)11-15(6-7-15)8-9-16/h12-13H,3-11,16H2,1-2H3. The first kappa shape index (κ1) is 13.9. The Morgan fingerprint density at radius 3 is 2.67 bits per heavy atom. The lowest BCUT2D eigenvalue weighted by Gasteiger charge is -2.26. The molecule has 1 saturated heterocycles. The molecule has 2 rings (SSSR count). The topological polar surface area (TPSA) is 46.3 Å². The molecule has 18 heavy (non-hydrogen) atoms. The quantitative estimate of drug-likeness (QED) is 0.816. The number of nitrogens with zero attached hydrogens (tertiary/aromatic N) is 1. The maximum atomic E-state index is 12.2. The molecule has 1 unspecified atom stereocenters. The van der Waals surface area contributed by atoms with Crippen LogP contribution in [0.4, 0.5) is 0 Å². The Kier molecular flexibility index (Phi) is 4.31. The van der Waals surface area contributed by atoms with E-state index in [2.05, 4.69) is 18.7 Å². The van der Waals surface area contributed by atoms with E-state index < -0.39 is 0 Å². The van der Waals surface area contributed by atoms with E-state index in [-0.39, 0.29) is 0 Å². The number of nitrogens with two attached hydrogens (primary N) is 1. The van der Waals surface area contributed by atoms with Crippen molar-refractivity contribution in [2.45, 2.75) is 52.4 Å².